The minimum Gasteiger partial charge on any atom is -0.377 e. The van der Waals surface area contributed by atoms with E-state index in [-0.39, 0.29) is 18.2 Å². The highest BCUT2D eigenvalue weighted by Crippen LogP contribution is 2.27. The van der Waals surface area contributed by atoms with Crippen LogP contribution in [0.2, 0.25) is 0 Å². The third-order valence-electron chi connectivity index (χ3n) is 3.90. The van der Waals surface area contributed by atoms with Gasteiger partial charge in [0, 0.05) is 25.2 Å². The van der Waals surface area contributed by atoms with E-state index in [9.17, 15) is 8.78 Å². The van der Waals surface area contributed by atoms with Gasteiger partial charge in [-0.2, -0.15) is 0 Å². The number of hydrogen-bond acceptors (Lipinski definition) is 3. The Morgan fingerprint density at radius 3 is 2.68 bits per heavy atom. The molecular weight excluding hydrogens is 250 g/mol. The van der Waals surface area contributed by atoms with Crippen LogP contribution in [0.5, 0.6) is 0 Å². The maximum atomic E-state index is 13.3. The molecule has 0 bridgehead atoms. The zero-order valence-corrected chi connectivity index (χ0v) is 11.3. The molecule has 0 aromatic heterocycles. The standard InChI is InChI=1S/C14H20F2N2O/c1-9-13(5-6-19-9)18(2)14(8-17)10-3-4-11(15)12(16)7-10/h3-4,7,9,13-14H,5-6,8,17H2,1-2H3. The Morgan fingerprint density at radius 2 is 2.16 bits per heavy atom. The van der Waals surface area contributed by atoms with Gasteiger partial charge in [0.2, 0.25) is 0 Å². The average molecular weight is 270 g/mol. The molecule has 19 heavy (non-hydrogen) atoms. The first-order valence-electron chi connectivity index (χ1n) is 6.53. The minimum absolute atomic E-state index is 0.129. The van der Waals surface area contributed by atoms with Crippen molar-refractivity contribution in [2.24, 2.45) is 5.73 Å². The van der Waals surface area contributed by atoms with Gasteiger partial charge in [-0.25, -0.2) is 8.78 Å². The second kappa shape index (κ2) is 5.94. The summed E-state index contributed by atoms with van der Waals surface area (Å²) in [5.41, 5.74) is 6.51. The number of nitrogens with two attached hydrogens (primary N) is 1. The summed E-state index contributed by atoms with van der Waals surface area (Å²) in [5.74, 6) is -1.67. The van der Waals surface area contributed by atoms with E-state index in [0.717, 1.165) is 19.1 Å². The van der Waals surface area contributed by atoms with Gasteiger partial charge in [-0.05, 0) is 38.1 Å². The molecule has 1 aromatic carbocycles. The van der Waals surface area contributed by atoms with Crippen LogP contribution in [0, 0.1) is 11.6 Å². The summed E-state index contributed by atoms with van der Waals surface area (Å²) in [7, 11) is 1.95. The Kier molecular flexibility index (Phi) is 4.50. The molecule has 0 amide bonds. The summed E-state index contributed by atoms with van der Waals surface area (Å²) < 4.78 is 31.9. The summed E-state index contributed by atoms with van der Waals surface area (Å²) in [4.78, 5) is 2.10. The molecule has 1 aromatic rings. The molecule has 0 radical (unpaired) electrons. The van der Waals surface area contributed by atoms with Gasteiger partial charge in [-0.3, -0.25) is 4.90 Å². The second-order valence-electron chi connectivity index (χ2n) is 5.02. The molecule has 0 spiro atoms. The molecule has 0 aliphatic carbocycles. The predicted molar refractivity (Wildman–Crippen MR) is 69.7 cm³/mol. The van der Waals surface area contributed by atoms with E-state index < -0.39 is 11.6 Å². The molecular formula is C14H20F2N2O. The van der Waals surface area contributed by atoms with Gasteiger partial charge in [0.05, 0.1) is 6.10 Å². The molecule has 0 saturated carbocycles. The van der Waals surface area contributed by atoms with E-state index in [4.69, 9.17) is 10.5 Å². The van der Waals surface area contributed by atoms with Crippen LogP contribution in [0.1, 0.15) is 24.9 Å². The van der Waals surface area contributed by atoms with Gasteiger partial charge in [0.1, 0.15) is 0 Å². The van der Waals surface area contributed by atoms with Gasteiger partial charge < -0.3 is 10.5 Å². The fraction of sp³-hybridized carbons (Fsp3) is 0.571. The molecule has 3 nitrogen and oxygen atoms in total. The first-order chi connectivity index (χ1) is 9.04. The highest BCUT2D eigenvalue weighted by Gasteiger charge is 2.32. The van der Waals surface area contributed by atoms with Crippen LogP contribution in [-0.4, -0.2) is 37.2 Å². The lowest BCUT2D eigenvalue weighted by Crippen LogP contribution is -2.42. The lowest BCUT2D eigenvalue weighted by atomic mass is 10.0. The van der Waals surface area contributed by atoms with Crippen molar-refractivity contribution in [3.05, 3.63) is 35.4 Å². The van der Waals surface area contributed by atoms with Crippen LogP contribution >= 0.6 is 0 Å². The van der Waals surface area contributed by atoms with Crippen LogP contribution in [-0.2, 0) is 4.74 Å². The van der Waals surface area contributed by atoms with Crippen LogP contribution in [0.15, 0.2) is 18.2 Å². The van der Waals surface area contributed by atoms with Gasteiger partial charge in [-0.1, -0.05) is 6.07 Å². The van der Waals surface area contributed by atoms with E-state index in [1.165, 1.54) is 6.07 Å². The summed E-state index contributed by atoms with van der Waals surface area (Å²) in [6, 6.07) is 4.08. The van der Waals surface area contributed by atoms with E-state index >= 15 is 0 Å². The van der Waals surface area contributed by atoms with Crippen LogP contribution in [0.4, 0.5) is 8.78 Å². The maximum absolute atomic E-state index is 13.3. The quantitative estimate of drug-likeness (QED) is 0.910. The van der Waals surface area contributed by atoms with E-state index in [1.54, 1.807) is 6.07 Å². The SMILES string of the molecule is CC1OCCC1N(C)C(CN)c1ccc(F)c(F)c1. The Bertz CT molecular complexity index is 441. The monoisotopic (exact) mass is 270 g/mol. The fourth-order valence-electron chi connectivity index (χ4n) is 2.74. The molecule has 2 rings (SSSR count). The lowest BCUT2D eigenvalue weighted by molar-refractivity contribution is 0.0685. The van der Waals surface area contributed by atoms with E-state index in [1.807, 2.05) is 14.0 Å². The molecule has 3 unspecified atom stereocenters. The molecule has 1 aliphatic rings. The highest BCUT2D eigenvalue weighted by atomic mass is 19.2. The van der Waals surface area contributed by atoms with Crippen molar-refractivity contribution in [1.29, 1.82) is 0 Å². The molecule has 1 aliphatic heterocycles. The predicted octanol–water partition coefficient (Wildman–Crippen LogP) is 2.07. The van der Waals surface area contributed by atoms with Crippen molar-refractivity contribution in [2.45, 2.75) is 31.5 Å². The van der Waals surface area contributed by atoms with Gasteiger partial charge in [-0.15, -0.1) is 0 Å². The molecule has 3 atom stereocenters. The third kappa shape index (κ3) is 2.94. The summed E-state index contributed by atoms with van der Waals surface area (Å²) in [5, 5.41) is 0. The molecule has 1 heterocycles. The Hall–Kier alpha value is -1.04. The van der Waals surface area contributed by atoms with Crippen LogP contribution in [0.25, 0.3) is 0 Å². The molecule has 106 valence electrons. The topological polar surface area (TPSA) is 38.5 Å². The Labute approximate surface area is 112 Å². The number of rotatable bonds is 4. The first-order valence-corrected chi connectivity index (χ1v) is 6.53. The Balaban J connectivity index is 2.20. The fourth-order valence-corrected chi connectivity index (χ4v) is 2.74. The summed E-state index contributed by atoms with van der Waals surface area (Å²) in [6.45, 7) is 3.10. The minimum atomic E-state index is -0.834. The number of halogens is 2. The van der Waals surface area contributed by atoms with Gasteiger partial charge in [0.15, 0.2) is 11.6 Å². The zero-order valence-electron chi connectivity index (χ0n) is 11.3. The average Bonchev–Trinajstić information content (AvgIpc) is 2.80. The van der Waals surface area contributed by atoms with Crippen molar-refractivity contribution in [1.82, 2.24) is 4.90 Å². The van der Waals surface area contributed by atoms with Crippen molar-refractivity contribution in [2.75, 3.05) is 20.2 Å². The van der Waals surface area contributed by atoms with Crippen LogP contribution < -0.4 is 5.73 Å². The number of ether oxygens (including phenoxy) is 1. The van der Waals surface area contributed by atoms with Gasteiger partial charge >= 0.3 is 0 Å². The number of benzene rings is 1. The number of likely N-dealkylation sites (N-methyl/N-ethyl adjacent to an activating group) is 1. The van der Waals surface area contributed by atoms with Crippen molar-refractivity contribution in [3.63, 3.8) is 0 Å². The molecule has 2 N–H and O–H groups in total. The van der Waals surface area contributed by atoms with Gasteiger partial charge in [0.25, 0.3) is 0 Å². The number of hydrogen-bond donors (Lipinski definition) is 1. The lowest BCUT2D eigenvalue weighted by Gasteiger charge is -2.34. The zero-order chi connectivity index (χ0) is 14.0. The smallest absolute Gasteiger partial charge is 0.159 e. The first kappa shape index (κ1) is 14.4. The molecule has 1 saturated heterocycles. The van der Waals surface area contributed by atoms with Crippen LogP contribution in [0.3, 0.4) is 0 Å². The third-order valence-corrected chi connectivity index (χ3v) is 3.90. The second-order valence-corrected chi connectivity index (χ2v) is 5.02. The van der Waals surface area contributed by atoms with E-state index in [2.05, 4.69) is 4.90 Å². The molecule has 1 fully saturated rings. The largest absolute Gasteiger partial charge is 0.377 e. The van der Waals surface area contributed by atoms with Crippen molar-refractivity contribution < 1.29 is 13.5 Å². The Morgan fingerprint density at radius 1 is 1.42 bits per heavy atom. The van der Waals surface area contributed by atoms with E-state index in [0.29, 0.717) is 12.1 Å². The summed E-state index contributed by atoms with van der Waals surface area (Å²) in [6.07, 6.45) is 1.06. The van der Waals surface area contributed by atoms with Crippen molar-refractivity contribution in [3.8, 4) is 0 Å². The highest BCUT2D eigenvalue weighted by molar-refractivity contribution is 5.22. The maximum Gasteiger partial charge on any atom is 0.159 e. The van der Waals surface area contributed by atoms with Crippen molar-refractivity contribution >= 4 is 0 Å². The molecule has 5 heteroatoms. The summed E-state index contributed by atoms with van der Waals surface area (Å²) >= 11 is 0. The normalized spacial score (nSPS) is 24.9. The number of nitrogens with zero attached hydrogens (tertiary/aromatic N) is 1.